The lowest BCUT2D eigenvalue weighted by atomic mass is 9.86. The number of nitrogens with zero attached hydrogens (tertiary/aromatic N) is 1. The third-order valence-electron chi connectivity index (χ3n) is 5.00. The van der Waals surface area contributed by atoms with Crippen molar-refractivity contribution in [1.29, 1.82) is 0 Å². The summed E-state index contributed by atoms with van der Waals surface area (Å²) < 4.78 is 76.5. The Balaban J connectivity index is 2.21. The van der Waals surface area contributed by atoms with E-state index in [1.807, 2.05) is 19.0 Å². The molecule has 3 rings (SSSR count). The van der Waals surface area contributed by atoms with Gasteiger partial charge in [0.15, 0.2) is 0 Å². The molecule has 0 amide bonds. The number of likely N-dealkylation sites (N-methyl/N-ethyl adjacent to an activating group) is 1. The van der Waals surface area contributed by atoms with Crippen molar-refractivity contribution in [3.05, 3.63) is 102 Å². The molecule has 2 nitrogen and oxygen atoms in total. The lowest BCUT2D eigenvalue weighted by molar-refractivity contribution is -0.253. The van der Waals surface area contributed by atoms with Crippen LogP contribution in [0.15, 0.2) is 84.9 Å². The lowest BCUT2D eigenvalue weighted by Gasteiger charge is -2.27. The van der Waals surface area contributed by atoms with Crippen LogP contribution >= 0.6 is 0 Å². The van der Waals surface area contributed by atoms with Crippen molar-refractivity contribution in [2.45, 2.75) is 12.1 Å². The van der Waals surface area contributed by atoms with E-state index in [9.17, 15) is 13.2 Å². The zero-order valence-electron chi connectivity index (χ0n) is 18.2. The molecule has 0 heterocycles. The van der Waals surface area contributed by atoms with E-state index in [0.29, 0.717) is 18.9 Å². The number of ether oxygens (including phenoxy) is 1. The number of benzene rings is 3. The van der Waals surface area contributed by atoms with E-state index in [1.54, 1.807) is 36.4 Å². The van der Waals surface area contributed by atoms with E-state index < -0.39 is 17.7 Å². The predicted octanol–water partition coefficient (Wildman–Crippen LogP) is 6.78. The largest absolute Gasteiger partial charge is 0.492 e. The summed E-state index contributed by atoms with van der Waals surface area (Å²) in [4.78, 5) is 1.94. The van der Waals surface area contributed by atoms with E-state index in [1.165, 1.54) is 48.5 Å². The average Bonchev–Trinajstić information content (AvgIpc) is 2.78. The summed E-state index contributed by atoms with van der Waals surface area (Å²) in [5.41, 5.74) is -1.01. The van der Waals surface area contributed by atoms with Crippen LogP contribution in [0.4, 0.5) is 22.0 Å². The van der Waals surface area contributed by atoms with Crippen molar-refractivity contribution < 1.29 is 26.7 Å². The Hall–Kier alpha value is -3.19. The lowest BCUT2D eigenvalue weighted by Crippen LogP contribution is -2.38. The van der Waals surface area contributed by atoms with Gasteiger partial charge in [-0.25, -0.2) is 0 Å². The Morgan fingerprint density at radius 1 is 0.697 bits per heavy atom. The highest BCUT2D eigenvalue weighted by Gasteiger charge is 2.61. The predicted molar refractivity (Wildman–Crippen MR) is 120 cm³/mol. The van der Waals surface area contributed by atoms with Gasteiger partial charge in [0, 0.05) is 12.1 Å². The molecule has 0 aliphatic heterocycles. The van der Waals surface area contributed by atoms with Gasteiger partial charge >= 0.3 is 12.1 Å². The van der Waals surface area contributed by atoms with Gasteiger partial charge in [-0.15, -0.1) is 0 Å². The van der Waals surface area contributed by atoms with Gasteiger partial charge < -0.3 is 9.64 Å². The highest BCUT2D eigenvalue weighted by molar-refractivity contribution is 6.01. The first-order chi connectivity index (χ1) is 15.6. The van der Waals surface area contributed by atoms with E-state index in [4.69, 9.17) is 4.74 Å². The van der Waals surface area contributed by atoms with Gasteiger partial charge in [-0.2, -0.15) is 22.0 Å². The van der Waals surface area contributed by atoms with Crippen molar-refractivity contribution in [2.24, 2.45) is 0 Å². The highest BCUT2D eigenvalue weighted by atomic mass is 19.4. The van der Waals surface area contributed by atoms with Crippen LogP contribution < -0.4 is 4.74 Å². The van der Waals surface area contributed by atoms with Crippen LogP contribution in [0, 0.1) is 0 Å². The molecule has 0 unspecified atom stereocenters. The van der Waals surface area contributed by atoms with Crippen LogP contribution in [0.25, 0.3) is 11.1 Å². The van der Waals surface area contributed by atoms with Gasteiger partial charge in [-0.05, 0) is 48.5 Å². The second kappa shape index (κ2) is 10.2. The zero-order chi connectivity index (χ0) is 24.1. The Kier molecular flexibility index (Phi) is 7.53. The molecule has 0 aliphatic rings. The number of hydrogen-bond donors (Lipinski definition) is 0. The summed E-state index contributed by atoms with van der Waals surface area (Å²) in [6.07, 6.45) is -5.77. The number of rotatable bonds is 8. The van der Waals surface area contributed by atoms with Crippen molar-refractivity contribution in [1.82, 2.24) is 4.90 Å². The topological polar surface area (TPSA) is 12.5 Å². The summed E-state index contributed by atoms with van der Waals surface area (Å²) in [6, 6.07) is 21.0. The van der Waals surface area contributed by atoms with Crippen LogP contribution in [0.2, 0.25) is 0 Å². The van der Waals surface area contributed by atoms with Gasteiger partial charge in [0.1, 0.15) is 12.4 Å². The second-order valence-corrected chi connectivity index (χ2v) is 7.73. The maximum Gasteiger partial charge on any atom is 0.458 e. The number of hydrogen-bond acceptors (Lipinski definition) is 2. The van der Waals surface area contributed by atoms with E-state index in [0.717, 1.165) is 0 Å². The standard InChI is InChI=1S/C26H24F5NO/c1-32(2)17-18-33-22-15-13-20(14-16-22)23(19-9-5-3-6-10-19)24(21-11-7-4-8-12-21)25(27,28)26(29,30)31/h3-16H,17-18H2,1-2H3/b24-23+. The molecule has 0 bridgehead atoms. The van der Waals surface area contributed by atoms with Crippen LogP contribution in [-0.2, 0) is 0 Å². The molecule has 0 atom stereocenters. The van der Waals surface area contributed by atoms with Crippen LogP contribution in [0.1, 0.15) is 16.7 Å². The normalized spacial score (nSPS) is 13.1. The minimum Gasteiger partial charge on any atom is -0.492 e. The molecule has 0 saturated carbocycles. The van der Waals surface area contributed by atoms with Crippen molar-refractivity contribution in [2.75, 3.05) is 27.2 Å². The Labute approximate surface area is 189 Å². The van der Waals surface area contributed by atoms with Gasteiger partial charge in [0.05, 0.1) is 0 Å². The molecule has 3 aromatic carbocycles. The molecule has 0 radical (unpaired) electrons. The first-order valence-electron chi connectivity index (χ1n) is 10.3. The molecule has 7 heteroatoms. The van der Waals surface area contributed by atoms with Crippen LogP contribution in [0.5, 0.6) is 5.75 Å². The monoisotopic (exact) mass is 461 g/mol. The fraction of sp³-hybridized carbons (Fsp3) is 0.231. The summed E-state index contributed by atoms with van der Waals surface area (Å²) >= 11 is 0. The fourth-order valence-corrected chi connectivity index (χ4v) is 3.35. The SMILES string of the molecule is CN(C)CCOc1ccc(/C(=C(\c2ccccc2)C(F)(F)C(F)(F)F)c2ccccc2)cc1. The Bertz CT molecular complexity index is 1060. The molecule has 33 heavy (non-hydrogen) atoms. The third-order valence-corrected chi connectivity index (χ3v) is 5.00. The maximum absolute atomic E-state index is 15.0. The number of alkyl halides is 5. The summed E-state index contributed by atoms with van der Waals surface area (Å²) in [5, 5.41) is 0. The Morgan fingerprint density at radius 2 is 1.18 bits per heavy atom. The minimum absolute atomic E-state index is 0.191. The van der Waals surface area contributed by atoms with Crippen molar-refractivity contribution in [3.63, 3.8) is 0 Å². The number of allylic oxidation sites excluding steroid dienone is 1. The van der Waals surface area contributed by atoms with Gasteiger partial charge in [-0.3, -0.25) is 0 Å². The molecule has 174 valence electrons. The molecular formula is C26H24F5NO. The molecule has 0 fully saturated rings. The molecule has 0 aromatic heterocycles. The first-order valence-corrected chi connectivity index (χ1v) is 10.3. The number of halogens is 5. The Morgan fingerprint density at radius 3 is 1.67 bits per heavy atom. The molecular weight excluding hydrogens is 437 g/mol. The van der Waals surface area contributed by atoms with Crippen molar-refractivity contribution in [3.8, 4) is 5.75 Å². The maximum atomic E-state index is 15.0. The van der Waals surface area contributed by atoms with E-state index in [2.05, 4.69) is 0 Å². The van der Waals surface area contributed by atoms with E-state index >= 15 is 8.78 Å². The summed E-state index contributed by atoms with van der Waals surface area (Å²) in [5.74, 6) is -4.59. The molecule has 3 aromatic rings. The molecule has 0 saturated heterocycles. The molecule has 0 spiro atoms. The minimum atomic E-state index is -5.77. The van der Waals surface area contributed by atoms with Gasteiger partial charge in [0.2, 0.25) is 0 Å². The third kappa shape index (κ3) is 5.79. The first kappa shape index (κ1) is 24.5. The summed E-state index contributed by atoms with van der Waals surface area (Å²) in [6.45, 7) is 1.09. The quantitative estimate of drug-likeness (QED) is 0.271. The van der Waals surface area contributed by atoms with Gasteiger partial charge in [-0.1, -0.05) is 72.8 Å². The van der Waals surface area contributed by atoms with E-state index in [-0.39, 0.29) is 22.3 Å². The smallest absolute Gasteiger partial charge is 0.458 e. The van der Waals surface area contributed by atoms with Gasteiger partial charge in [0.25, 0.3) is 0 Å². The average molecular weight is 461 g/mol. The zero-order valence-corrected chi connectivity index (χ0v) is 18.2. The van der Waals surface area contributed by atoms with Crippen molar-refractivity contribution >= 4 is 11.1 Å². The fourth-order valence-electron chi connectivity index (χ4n) is 3.35. The highest BCUT2D eigenvalue weighted by Crippen LogP contribution is 2.49. The molecule has 0 aliphatic carbocycles. The summed E-state index contributed by atoms with van der Waals surface area (Å²) in [7, 11) is 3.80. The molecule has 0 N–H and O–H groups in total. The van der Waals surface area contributed by atoms with Crippen LogP contribution in [-0.4, -0.2) is 44.2 Å². The second-order valence-electron chi connectivity index (χ2n) is 7.73. The van der Waals surface area contributed by atoms with Crippen LogP contribution in [0.3, 0.4) is 0 Å².